The van der Waals surface area contributed by atoms with Crippen molar-refractivity contribution in [3.8, 4) is 5.75 Å². The molecule has 10 nitrogen and oxygen atoms in total. The third-order valence-corrected chi connectivity index (χ3v) is 7.02. The van der Waals surface area contributed by atoms with Gasteiger partial charge in [-0.1, -0.05) is 12.1 Å². The number of aromatic hydroxyl groups is 1. The number of hydrogen-bond donors (Lipinski definition) is 6. The molecule has 0 saturated carbocycles. The first-order valence-corrected chi connectivity index (χ1v) is 9.97. The van der Waals surface area contributed by atoms with Gasteiger partial charge in [-0.05, 0) is 39.1 Å². The van der Waals surface area contributed by atoms with Gasteiger partial charge in [-0.15, -0.1) is 0 Å². The van der Waals surface area contributed by atoms with E-state index in [1.165, 1.54) is 44.1 Å². The van der Waals surface area contributed by atoms with Crippen LogP contribution in [0.5, 0.6) is 5.75 Å². The molecule has 5 atom stereocenters. The molecule has 3 aliphatic rings. The monoisotopic (exact) mass is 444 g/mol. The third kappa shape index (κ3) is 2.48. The number of primary amides is 1. The average molecular weight is 444 g/mol. The number of nitrogens with zero attached hydrogens (tertiary/aromatic N) is 1. The van der Waals surface area contributed by atoms with Gasteiger partial charge in [0, 0.05) is 17.4 Å². The lowest BCUT2D eigenvalue weighted by molar-refractivity contribution is -0.151. The van der Waals surface area contributed by atoms with Gasteiger partial charge >= 0.3 is 0 Å². The smallest absolute Gasteiger partial charge is 0.255 e. The second-order valence-corrected chi connectivity index (χ2v) is 8.96. The molecule has 0 radical (unpaired) electrons. The molecular weight excluding hydrogens is 420 g/mol. The van der Waals surface area contributed by atoms with Crippen molar-refractivity contribution in [1.82, 2.24) is 4.90 Å². The Labute approximate surface area is 182 Å². The predicted octanol–water partition coefficient (Wildman–Crippen LogP) is -0.214. The highest BCUT2D eigenvalue weighted by molar-refractivity contribution is 6.24. The summed E-state index contributed by atoms with van der Waals surface area (Å²) < 4.78 is 0. The molecule has 0 saturated heterocycles. The van der Waals surface area contributed by atoms with Crippen LogP contribution in [0.4, 0.5) is 0 Å². The summed E-state index contributed by atoms with van der Waals surface area (Å²) in [7, 11) is 3.06. The third-order valence-electron chi connectivity index (χ3n) is 7.02. The Hall–Kier alpha value is -3.21. The minimum absolute atomic E-state index is 0.135. The van der Waals surface area contributed by atoms with Crippen LogP contribution in [0.15, 0.2) is 40.9 Å². The number of ketones is 2. The van der Waals surface area contributed by atoms with Crippen LogP contribution in [0.25, 0.3) is 0 Å². The van der Waals surface area contributed by atoms with Crippen molar-refractivity contribution in [3.05, 3.63) is 52.0 Å². The summed E-state index contributed by atoms with van der Waals surface area (Å²) in [5.74, 6) is -7.89. The molecule has 1 aromatic carbocycles. The van der Waals surface area contributed by atoms with Crippen LogP contribution in [0.3, 0.4) is 0 Å². The van der Waals surface area contributed by atoms with Crippen LogP contribution < -0.4 is 5.73 Å². The highest BCUT2D eigenvalue weighted by Crippen LogP contribution is 2.56. The fourth-order valence-electron chi connectivity index (χ4n) is 5.51. The zero-order chi connectivity index (χ0) is 23.9. The van der Waals surface area contributed by atoms with Crippen LogP contribution in [-0.2, 0) is 15.2 Å². The number of carbonyl (C=O) groups is 3. The summed E-state index contributed by atoms with van der Waals surface area (Å²) in [5, 5.41) is 55.0. The van der Waals surface area contributed by atoms with Gasteiger partial charge in [0.25, 0.3) is 5.91 Å². The van der Waals surface area contributed by atoms with E-state index in [0.29, 0.717) is 0 Å². The molecule has 0 spiro atoms. The number of Topliss-reactive ketones (excluding diaryl/α,β-unsaturated/α-hetero) is 2. The molecule has 0 aliphatic heterocycles. The Morgan fingerprint density at radius 1 is 1.16 bits per heavy atom. The molecule has 3 aliphatic carbocycles. The summed E-state index contributed by atoms with van der Waals surface area (Å²) in [5.41, 5.74) is -0.654. The topological polar surface area (TPSA) is 182 Å². The van der Waals surface area contributed by atoms with E-state index in [4.69, 9.17) is 5.73 Å². The maximum Gasteiger partial charge on any atom is 0.255 e. The molecule has 1 aromatic rings. The summed E-state index contributed by atoms with van der Waals surface area (Å²) in [6, 6.07) is 3.05. The Morgan fingerprint density at radius 3 is 2.34 bits per heavy atom. The number of fused-ring (bicyclic) bond motifs is 3. The quantitative estimate of drug-likeness (QED) is 0.336. The van der Waals surface area contributed by atoms with Crippen molar-refractivity contribution in [2.75, 3.05) is 14.1 Å². The molecule has 1 amide bonds. The molecule has 10 heteroatoms. The van der Waals surface area contributed by atoms with Crippen LogP contribution in [0.2, 0.25) is 0 Å². The molecule has 170 valence electrons. The molecule has 4 rings (SSSR count). The minimum atomic E-state index is -2.75. The first-order chi connectivity index (χ1) is 14.8. The average Bonchev–Trinajstić information content (AvgIpc) is 2.68. The van der Waals surface area contributed by atoms with E-state index in [0.717, 1.165) is 0 Å². The van der Waals surface area contributed by atoms with E-state index in [9.17, 15) is 39.9 Å². The molecule has 32 heavy (non-hydrogen) atoms. The minimum Gasteiger partial charge on any atom is -0.510 e. The number of amides is 1. The van der Waals surface area contributed by atoms with Crippen LogP contribution in [-0.4, -0.2) is 73.6 Å². The number of aliphatic hydroxyl groups excluding tert-OH is 2. The standard InChI is InChI=1S/C22H24N2O8/c1-21(31)8-5-4-6-11(25)12(8)16(26)13-9(21)7-10-15(24(2)3)17(27)14(20(23)30)19(29)22(10,32)18(13)28/h4-6,9-10,15,25,27-28,31-32H,7H2,1-3H3,(H2,23,30)/t9-,10-,15-,21-,22-/m0/s1. The largest absolute Gasteiger partial charge is 0.510 e. The van der Waals surface area contributed by atoms with Crippen molar-refractivity contribution in [3.63, 3.8) is 0 Å². The number of nitrogens with two attached hydrogens (primary N) is 1. The van der Waals surface area contributed by atoms with Crippen LogP contribution in [0.1, 0.15) is 29.3 Å². The Bertz CT molecular complexity index is 1150. The molecule has 0 fully saturated rings. The lowest BCUT2D eigenvalue weighted by Crippen LogP contribution is -2.65. The van der Waals surface area contributed by atoms with Crippen LogP contribution in [0, 0.1) is 11.8 Å². The van der Waals surface area contributed by atoms with Gasteiger partial charge < -0.3 is 31.3 Å². The Balaban J connectivity index is 2.05. The van der Waals surface area contributed by atoms with E-state index < -0.39 is 75.0 Å². The highest BCUT2D eigenvalue weighted by Gasteiger charge is 2.65. The second-order valence-electron chi connectivity index (χ2n) is 8.96. The van der Waals surface area contributed by atoms with Gasteiger partial charge in [-0.25, -0.2) is 0 Å². The van der Waals surface area contributed by atoms with Crippen molar-refractivity contribution >= 4 is 17.5 Å². The van der Waals surface area contributed by atoms with E-state index in [-0.39, 0.29) is 17.5 Å². The van der Waals surface area contributed by atoms with Crippen molar-refractivity contribution in [2.24, 2.45) is 17.6 Å². The van der Waals surface area contributed by atoms with Gasteiger partial charge in [-0.3, -0.25) is 19.3 Å². The zero-order valence-corrected chi connectivity index (χ0v) is 17.7. The zero-order valence-electron chi connectivity index (χ0n) is 17.7. The van der Waals surface area contributed by atoms with Gasteiger partial charge in [-0.2, -0.15) is 0 Å². The first-order valence-electron chi connectivity index (χ1n) is 9.97. The summed E-state index contributed by atoms with van der Waals surface area (Å²) in [6.07, 6.45) is -0.200. The van der Waals surface area contributed by atoms with E-state index in [2.05, 4.69) is 0 Å². The summed E-state index contributed by atoms with van der Waals surface area (Å²) in [4.78, 5) is 39.9. The van der Waals surface area contributed by atoms with E-state index in [1.807, 2.05) is 0 Å². The van der Waals surface area contributed by atoms with E-state index in [1.54, 1.807) is 0 Å². The Kier molecular flexibility index (Phi) is 4.57. The molecular formula is C22H24N2O8. The number of aliphatic hydroxyl groups is 4. The van der Waals surface area contributed by atoms with Crippen molar-refractivity contribution in [2.45, 2.75) is 30.6 Å². The number of carbonyl (C=O) groups excluding carboxylic acids is 3. The molecule has 0 aromatic heterocycles. The first kappa shape index (κ1) is 22.0. The number of hydrogen-bond acceptors (Lipinski definition) is 9. The molecule has 0 bridgehead atoms. The maximum absolute atomic E-state index is 13.3. The van der Waals surface area contributed by atoms with Crippen LogP contribution >= 0.6 is 0 Å². The van der Waals surface area contributed by atoms with Gasteiger partial charge in [0.15, 0.2) is 11.4 Å². The normalized spacial score (nSPS) is 34.4. The number of phenols is 1. The second kappa shape index (κ2) is 6.64. The SMILES string of the molecule is CN(C)[C@@H]1C(O)=C(C(N)=O)C(=O)[C@@]2(O)C(O)=C3C(=O)c4c(O)cccc4[C@](C)(O)[C@H]3C[C@@H]12. The summed E-state index contributed by atoms with van der Waals surface area (Å²) in [6.45, 7) is 1.40. The van der Waals surface area contributed by atoms with E-state index >= 15 is 0 Å². The number of likely N-dealkylation sites (N-methyl/N-ethyl adjacent to an activating group) is 1. The lowest BCUT2D eigenvalue weighted by atomic mass is 9.55. The summed E-state index contributed by atoms with van der Waals surface area (Å²) >= 11 is 0. The molecule has 0 heterocycles. The number of phenolic OH excluding ortho intramolecular Hbond substituents is 1. The molecule has 7 N–H and O–H groups in total. The van der Waals surface area contributed by atoms with Gasteiger partial charge in [0.2, 0.25) is 5.78 Å². The fourth-order valence-corrected chi connectivity index (χ4v) is 5.51. The molecule has 0 unspecified atom stereocenters. The Morgan fingerprint density at radius 2 is 1.78 bits per heavy atom. The number of benzene rings is 1. The predicted molar refractivity (Wildman–Crippen MR) is 110 cm³/mol. The fraction of sp³-hybridized carbons (Fsp3) is 0.409. The lowest BCUT2D eigenvalue weighted by Gasteiger charge is -2.52. The van der Waals surface area contributed by atoms with Crippen molar-refractivity contribution in [1.29, 1.82) is 0 Å². The van der Waals surface area contributed by atoms with Gasteiger partial charge in [0.05, 0.1) is 17.2 Å². The van der Waals surface area contributed by atoms with Gasteiger partial charge in [0.1, 0.15) is 22.8 Å². The maximum atomic E-state index is 13.3. The highest BCUT2D eigenvalue weighted by atomic mass is 16.3. The number of rotatable bonds is 2. The van der Waals surface area contributed by atoms with Crippen molar-refractivity contribution < 1.29 is 39.9 Å².